The van der Waals surface area contributed by atoms with E-state index in [1.807, 2.05) is 0 Å². The molecule has 0 bridgehead atoms. The van der Waals surface area contributed by atoms with Crippen molar-refractivity contribution in [3.8, 4) is 0 Å². The number of benzene rings is 1. The van der Waals surface area contributed by atoms with Crippen molar-refractivity contribution in [3.63, 3.8) is 0 Å². The Hall–Kier alpha value is -2.04. The van der Waals surface area contributed by atoms with E-state index < -0.39 is 11.9 Å². The molecule has 0 spiro atoms. The Morgan fingerprint density at radius 3 is 2.74 bits per heavy atom. The van der Waals surface area contributed by atoms with Gasteiger partial charge < -0.3 is 15.3 Å². The number of amides is 2. The van der Waals surface area contributed by atoms with Crippen molar-refractivity contribution in [2.24, 2.45) is 5.92 Å². The second-order valence-corrected chi connectivity index (χ2v) is 6.92. The minimum atomic E-state index is -0.812. The minimum absolute atomic E-state index is 0.0417. The quantitative estimate of drug-likeness (QED) is 0.901. The molecule has 1 aromatic rings. The van der Waals surface area contributed by atoms with Crippen LogP contribution in [-0.2, 0) is 11.2 Å². The Balaban J connectivity index is 1.68. The van der Waals surface area contributed by atoms with Gasteiger partial charge in [-0.25, -0.2) is 4.79 Å². The first-order valence-electron chi connectivity index (χ1n) is 8.36. The van der Waals surface area contributed by atoms with Gasteiger partial charge in [-0.3, -0.25) is 4.79 Å². The first-order valence-corrected chi connectivity index (χ1v) is 8.36. The Kier molecular flexibility index (Phi) is 4.28. The number of nitrogens with one attached hydrogen (secondary N) is 1. The Morgan fingerprint density at radius 1 is 1.30 bits per heavy atom. The smallest absolute Gasteiger partial charge is 0.317 e. The molecule has 2 N–H and O–H groups in total. The average molecular weight is 316 g/mol. The van der Waals surface area contributed by atoms with E-state index in [0.717, 1.165) is 12.8 Å². The predicted octanol–water partition coefficient (Wildman–Crippen LogP) is 2.91. The molecule has 5 nitrogen and oxygen atoms in total. The van der Waals surface area contributed by atoms with Gasteiger partial charge >= 0.3 is 12.0 Å². The molecule has 23 heavy (non-hydrogen) atoms. The van der Waals surface area contributed by atoms with Crippen molar-refractivity contribution < 1.29 is 14.7 Å². The van der Waals surface area contributed by atoms with Crippen molar-refractivity contribution in [2.45, 2.75) is 45.1 Å². The minimum Gasteiger partial charge on any atom is -0.481 e. The van der Waals surface area contributed by atoms with Gasteiger partial charge in [0.15, 0.2) is 0 Å². The summed E-state index contributed by atoms with van der Waals surface area (Å²) in [4.78, 5) is 25.1. The van der Waals surface area contributed by atoms with Crippen LogP contribution in [0.1, 0.15) is 55.3 Å². The molecule has 1 saturated heterocycles. The molecule has 1 aliphatic carbocycles. The van der Waals surface area contributed by atoms with Crippen LogP contribution in [0, 0.1) is 5.92 Å². The number of fused-ring (bicyclic) bond motifs is 1. The van der Waals surface area contributed by atoms with Crippen LogP contribution in [0.3, 0.4) is 0 Å². The van der Waals surface area contributed by atoms with Gasteiger partial charge in [-0.1, -0.05) is 32.0 Å². The number of likely N-dealkylation sites (tertiary alicyclic amines) is 1. The largest absolute Gasteiger partial charge is 0.481 e. The summed E-state index contributed by atoms with van der Waals surface area (Å²) in [5, 5.41) is 12.1. The van der Waals surface area contributed by atoms with Crippen molar-refractivity contribution in [1.29, 1.82) is 0 Å². The Bertz CT molecular complexity index is 627. The summed E-state index contributed by atoms with van der Waals surface area (Å²) in [6.07, 6.45) is 2.44. The zero-order valence-corrected chi connectivity index (χ0v) is 13.7. The predicted molar refractivity (Wildman–Crippen MR) is 87.4 cm³/mol. The highest BCUT2D eigenvalue weighted by Crippen LogP contribution is 2.33. The molecular weight excluding hydrogens is 292 g/mol. The van der Waals surface area contributed by atoms with E-state index in [9.17, 15) is 9.59 Å². The second kappa shape index (κ2) is 6.22. The molecule has 1 aromatic carbocycles. The van der Waals surface area contributed by atoms with Crippen molar-refractivity contribution >= 4 is 12.0 Å². The standard InChI is InChI=1S/C18H24N2O3/c1-11(2)13-4-3-12-5-6-16(15(12)9-13)19-18(23)20-8-7-14(10-20)17(21)22/h3-4,9,11,14,16H,5-8,10H2,1-2H3,(H,19,23)(H,21,22). The van der Waals surface area contributed by atoms with Crippen LogP contribution in [0.25, 0.3) is 0 Å². The third-order valence-corrected chi connectivity index (χ3v) is 5.04. The van der Waals surface area contributed by atoms with Crippen molar-refractivity contribution in [3.05, 3.63) is 34.9 Å². The van der Waals surface area contributed by atoms with Crippen molar-refractivity contribution in [2.75, 3.05) is 13.1 Å². The topological polar surface area (TPSA) is 69.6 Å². The zero-order valence-electron chi connectivity index (χ0n) is 13.7. The van der Waals surface area contributed by atoms with Gasteiger partial charge in [0.25, 0.3) is 0 Å². The molecule has 2 aliphatic rings. The van der Waals surface area contributed by atoms with Gasteiger partial charge in [0, 0.05) is 13.1 Å². The van der Waals surface area contributed by atoms with E-state index in [-0.39, 0.29) is 12.1 Å². The number of carboxylic acids is 1. The molecule has 124 valence electrons. The average Bonchev–Trinajstić information content (AvgIpc) is 3.14. The lowest BCUT2D eigenvalue weighted by atomic mass is 9.97. The first-order chi connectivity index (χ1) is 11.0. The van der Waals surface area contributed by atoms with E-state index in [2.05, 4.69) is 37.4 Å². The van der Waals surface area contributed by atoms with Gasteiger partial charge in [0.05, 0.1) is 12.0 Å². The Morgan fingerprint density at radius 2 is 2.09 bits per heavy atom. The summed E-state index contributed by atoms with van der Waals surface area (Å²) in [5.41, 5.74) is 3.82. The maximum Gasteiger partial charge on any atom is 0.317 e. The lowest BCUT2D eigenvalue weighted by molar-refractivity contribution is -0.141. The molecule has 1 heterocycles. The number of aryl methyl sites for hydroxylation is 1. The lowest BCUT2D eigenvalue weighted by Gasteiger charge is -2.21. The highest BCUT2D eigenvalue weighted by atomic mass is 16.4. The molecular formula is C18H24N2O3. The fourth-order valence-electron chi connectivity index (χ4n) is 3.52. The second-order valence-electron chi connectivity index (χ2n) is 6.92. The van der Waals surface area contributed by atoms with Crippen molar-refractivity contribution in [1.82, 2.24) is 10.2 Å². The summed E-state index contributed by atoms with van der Waals surface area (Å²) in [7, 11) is 0. The first kappa shape index (κ1) is 15.8. The molecule has 1 aliphatic heterocycles. The highest BCUT2D eigenvalue weighted by molar-refractivity contribution is 5.78. The highest BCUT2D eigenvalue weighted by Gasteiger charge is 2.33. The van der Waals surface area contributed by atoms with E-state index in [1.165, 1.54) is 16.7 Å². The van der Waals surface area contributed by atoms with Crippen LogP contribution < -0.4 is 5.32 Å². The van der Waals surface area contributed by atoms with Crippen LogP contribution in [0.4, 0.5) is 4.79 Å². The van der Waals surface area contributed by atoms with E-state index in [0.29, 0.717) is 25.4 Å². The molecule has 2 atom stereocenters. The maximum absolute atomic E-state index is 12.4. The SMILES string of the molecule is CC(C)c1ccc2c(c1)C(NC(=O)N1CCC(C(=O)O)C1)CC2. The fraction of sp³-hybridized carbons (Fsp3) is 0.556. The molecule has 2 amide bonds. The van der Waals surface area contributed by atoms with Gasteiger partial charge in [-0.05, 0) is 41.9 Å². The van der Waals surface area contributed by atoms with E-state index in [4.69, 9.17) is 5.11 Å². The molecule has 0 radical (unpaired) electrons. The van der Waals surface area contributed by atoms with Crippen LogP contribution in [-0.4, -0.2) is 35.1 Å². The van der Waals surface area contributed by atoms with E-state index >= 15 is 0 Å². The number of hydrogen-bond acceptors (Lipinski definition) is 2. The summed E-state index contributed by atoms with van der Waals surface area (Å²) >= 11 is 0. The molecule has 0 saturated carbocycles. The monoisotopic (exact) mass is 316 g/mol. The van der Waals surface area contributed by atoms with Gasteiger partial charge in [-0.15, -0.1) is 0 Å². The lowest BCUT2D eigenvalue weighted by Crippen LogP contribution is -2.40. The fourth-order valence-corrected chi connectivity index (χ4v) is 3.52. The van der Waals surface area contributed by atoms with Crippen LogP contribution in [0.5, 0.6) is 0 Å². The molecule has 3 rings (SSSR count). The summed E-state index contributed by atoms with van der Waals surface area (Å²) in [5.74, 6) is -0.774. The number of carboxylic acid groups (broad SMARTS) is 1. The third-order valence-electron chi connectivity index (χ3n) is 5.04. The van der Waals surface area contributed by atoms with Crippen LogP contribution in [0.15, 0.2) is 18.2 Å². The number of carbonyl (C=O) groups excluding carboxylic acids is 1. The number of rotatable bonds is 3. The molecule has 2 unspecified atom stereocenters. The molecule has 5 heteroatoms. The third kappa shape index (κ3) is 3.19. The maximum atomic E-state index is 12.4. The zero-order chi connectivity index (χ0) is 16.6. The molecule has 1 fully saturated rings. The van der Waals surface area contributed by atoms with Gasteiger partial charge in [0.2, 0.25) is 0 Å². The molecule has 0 aromatic heterocycles. The van der Waals surface area contributed by atoms with E-state index in [1.54, 1.807) is 4.90 Å². The number of urea groups is 1. The summed E-state index contributed by atoms with van der Waals surface area (Å²) in [6.45, 7) is 5.17. The van der Waals surface area contributed by atoms with Gasteiger partial charge in [0.1, 0.15) is 0 Å². The number of hydrogen-bond donors (Lipinski definition) is 2. The normalized spacial score (nSPS) is 23.2. The summed E-state index contributed by atoms with van der Waals surface area (Å²) < 4.78 is 0. The van der Waals surface area contributed by atoms with Crippen LogP contribution >= 0.6 is 0 Å². The number of nitrogens with zero attached hydrogens (tertiary/aromatic N) is 1. The number of carbonyl (C=O) groups is 2. The number of aliphatic carboxylic acids is 1. The van der Waals surface area contributed by atoms with Crippen LogP contribution in [0.2, 0.25) is 0 Å². The van der Waals surface area contributed by atoms with Gasteiger partial charge in [-0.2, -0.15) is 0 Å². The summed E-state index contributed by atoms with van der Waals surface area (Å²) in [6, 6.07) is 6.46. The Labute approximate surface area is 136 Å².